The smallest absolute Gasteiger partial charge is 0.407 e. The first-order valence-corrected chi connectivity index (χ1v) is 5.01. The molecule has 1 atom stereocenters. The Bertz CT molecular complexity index is 471. The first-order chi connectivity index (χ1) is 8.06. The Labute approximate surface area is 97.1 Å². The predicted molar refractivity (Wildman–Crippen MR) is 56.6 cm³/mol. The van der Waals surface area contributed by atoms with Crippen LogP contribution in [0.25, 0.3) is 0 Å². The first-order valence-electron chi connectivity index (χ1n) is 5.01. The number of hydrogen-bond acceptors (Lipinski definition) is 5. The van der Waals surface area contributed by atoms with Gasteiger partial charge in [-0.05, 0) is 17.7 Å². The van der Waals surface area contributed by atoms with Crippen molar-refractivity contribution in [2.75, 3.05) is 6.61 Å². The highest BCUT2D eigenvalue weighted by Gasteiger charge is 2.24. The number of phenols is 1. The largest absolute Gasteiger partial charge is 0.504 e. The van der Waals surface area contributed by atoms with Crippen molar-refractivity contribution in [2.45, 2.75) is 13.0 Å². The lowest BCUT2D eigenvalue weighted by molar-refractivity contribution is -0.132. The van der Waals surface area contributed by atoms with Gasteiger partial charge in [-0.25, -0.2) is 4.79 Å². The Balaban J connectivity index is 2.18. The van der Waals surface area contributed by atoms with E-state index in [1.54, 1.807) is 6.07 Å². The Hall–Kier alpha value is -2.24. The summed E-state index contributed by atoms with van der Waals surface area (Å²) in [5.74, 6) is -0.573. The fraction of sp³-hybridized carbons (Fsp3) is 0.273. The molecule has 2 N–H and O–H groups in total. The second-order valence-corrected chi connectivity index (χ2v) is 3.62. The summed E-state index contributed by atoms with van der Waals surface area (Å²) in [5.41, 5.74) is 0.684. The Morgan fingerprint density at radius 2 is 2.35 bits per heavy atom. The molecule has 0 unspecified atom stereocenters. The molecule has 1 amide bonds. The molecule has 0 saturated carbocycles. The third kappa shape index (κ3) is 2.47. The van der Waals surface area contributed by atoms with Crippen molar-refractivity contribution in [1.82, 2.24) is 5.32 Å². The minimum atomic E-state index is -0.509. The minimum Gasteiger partial charge on any atom is -0.504 e. The lowest BCUT2D eigenvalue weighted by Crippen LogP contribution is -2.18. The van der Waals surface area contributed by atoms with Crippen molar-refractivity contribution in [1.29, 1.82) is 0 Å². The predicted octanol–water partition coefficient (Wildman–Crippen LogP) is 1.10. The van der Waals surface area contributed by atoms with E-state index >= 15 is 0 Å². The van der Waals surface area contributed by atoms with Gasteiger partial charge in [0.05, 0.1) is 6.04 Å². The molecule has 17 heavy (non-hydrogen) atoms. The lowest BCUT2D eigenvalue weighted by Gasteiger charge is -2.10. The van der Waals surface area contributed by atoms with Crippen LogP contribution in [0.1, 0.15) is 18.5 Å². The molecular formula is C11H11NO5. The third-order valence-electron chi connectivity index (χ3n) is 2.31. The SMILES string of the molecule is CC(=O)Oc1ccc([C@H]2COC(=O)N2)cc1O. The zero-order chi connectivity index (χ0) is 12.4. The van der Waals surface area contributed by atoms with Crippen molar-refractivity contribution >= 4 is 12.1 Å². The van der Waals surface area contributed by atoms with E-state index in [0.29, 0.717) is 5.56 Å². The van der Waals surface area contributed by atoms with E-state index in [9.17, 15) is 14.7 Å². The maximum atomic E-state index is 10.9. The fourth-order valence-corrected chi connectivity index (χ4v) is 1.56. The number of alkyl carbamates (subject to hydrolysis) is 1. The Morgan fingerprint density at radius 1 is 1.59 bits per heavy atom. The van der Waals surface area contributed by atoms with Gasteiger partial charge in [-0.2, -0.15) is 0 Å². The third-order valence-corrected chi connectivity index (χ3v) is 2.31. The summed E-state index contributed by atoms with van der Waals surface area (Å²) in [5, 5.41) is 12.2. The molecule has 0 spiro atoms. The van der Waals surface area contributed by atoms with Gasteiger partial charge in [-0.1, -0.05) is 6.07 Å². The quantitative estimate of drug-likeness (QED) is 0.594. The number of hydrogen-bond donors (Lipinski definition) is 2. The van der Waals surface area contributed by atoms with Crippen molar-refractivity contribution in [3.8, 4) is 11.5 Å². The molecule has 1 aromatic carbocycles. The molecule has 0 aliphatic carbocycles. The summed E-state index contributed by atoms with van der Waals surface area (Å²) in [6.07, 6.45) is -0.487. The van der Waals surface area contributed by atoms with E-state index in [2.05, 4.69) is 5.32 Å². The molecule has 1 aliphatic heterocycles. The fourth-order valence-electron chi connectivity index (χ4n) is 1.56. The second-order valence-electron chi connectivity index (χ2n) is 3.62. The molecular weight excluding hydrogens is 226 g/mol. The molecule has 1 aliphatic rings. The topological polar surface area (TPSA) is 84.9 Å². The Kier molecular flexibility index (Phi) is 2.86. The number of ether oxygens (including phenoxy) is 2. The van der Waals surface area contributed by atoms with Gasteiger partial charge < -0.3 is 19.9 Å². The number of carbonyl (C=O) groups excluding carboxylic acids is 2. The summed E-state index contributed by atoms with van der Waals surface area (Å²) in [7, 11) is 0. The molecule has 2 rings (SSSR count). The van der Waals surface area contributed by atoms with Crippen molar-refractivity contribution < 1.29 is 24.2 Å². The highest BCUT2D eigenvalue weighted by Crippen LogP contribution is 2.30. The summed E-state index contributed by atoms with van der Waals surface area (Å²) >= 11 is 0. The number of nitrogens with one attached hydrogen (secondary N) is 1. The summed E-state index contributed by atoms with van der Waals surface area (Å²) in [6, 6.07) is 4.26. The molecule has 1 aromatic rings. The molecule has 6 nitrogen and oxygen atoms in total. The van der Waals surface area contributed by atoms with Crippen LogP contribution in [0, 0.1) is 0 Å². The maximum absolute atomic E-state index is 10.9. The summed E-state index contributed by atoms with van der Waals surface area (Å²) in [6.45, 7) is 1.46. The van der Waals surface area contributed by atoms with E-state index in [4.69, 9.17) is 9.47 Å². The maximum Gasteiger partial charge on any atom is 0.407 e. The van der Waals surface area contributed by atoms with E-state index in [-0.39, 0.29) is 24.1 Å². The van der Waals surface area contributed by atoms with Crippen LogP contribution in [0.2, 0.25) is 0 Å². The molecule has 1 heterocycles. The van der Waals surface area contributed by atoms with Crippen molar-refractivity contribution in [3.05, 3.63) is 23.8 Å². The molecule has 1 fully saturated rings. The minimum absolute atomic E-state index is 0.0893. The van der Waals surface area contributed by atoms with Crippen LogP contribution in [-0.4, -0.2) is 23.8 Å². The average Bonchev–Trinajstić information content (AvgIpc) is 2.67. The zero-order valence-electron chi connectivity index (χ0n) is 9.10. The van der Waals surface area contributed by atoms with Crippen LogP contribution < -0.4 is 10.1 Å². The monoisotopic (exact) mass is 237 g/mol. The first kappa shape index (κ1) is 11.3. The van der Waals surface area contributed by atoms with Crippen molar-refractivity contribution in [2.24, 2.45) is 0 Å². The van der Waals surface area contributed by atoms with Crippen molar-refractivity contribution in [3.63, 3.8) is 0 Å². The van der Waals surface area contributed by atoms with Gasteiger partial charge in [0.2, 0.25) is 0 Å². The number of cyclic esters (lactones) is 1. The van der Waals surface area contributed by atoms with Gasteiger partial charge in [0.25, 0.3) is 0 Å². The molecule has 0 bridgehead atoms. The number of amides is 1. The summed E-state index contributed by atoms with van der Waals surface area (Å²) < 4.78 is 9.51. The second kappa shape index (κ2) is 4.32. The van der Waals surface area contributed by atoms with E-state index in [1.165, 1.54) is 19.1 Å². The molecule has 0 aromatic heterocycles. The van der Waals surface area contributed by atoms with Crippen LogP contribution in [0.5, 0.6) is 11.5 Å². The number of aromatic hydroxyl groups is 1. The molecule has 1 saturated heterocycles. The van der Waals surface area contributed by atoms with E-state index in [0.717, 1.165) is 0 Å². The van der Waals surface area contributed by atoms with Gasteiger partial charge in [-0.15, -0.1) is 0 Å². The van der Waals surface area contributed by atoms with Gasteiger partial charge in [0.1, 0.15) is 6.61 Å². The average molecular weight is 237 g/mol. The lowest BCUT2D eigenvalue weighted by atomic mass is 10.1. The number of phenolic OH excluding ortho intramolecular Hbond substituents is 1. The molecule has 0 radical (unpaired) electrons. The zero-order valence-corrected chi connectivity index (χ0v) is 9.10. The van der Waals surface area contributed by atoms with Gasteiger partial charge >= 0.3 is 12.1 Å². The van der Waals surface area contributed by atoms with E-state index < -0.39 is 12.1 Å². The highest BCUT2D eigenvalue weighted by molar-refractivity contribution is 5.71. The number of carbonyl (C=O) groups is 2. The van der Waals surface area contributed by atoms with Crippen LogP contribution in [0.3, 0.4) is 0 Å². The molecule has 6 heteroatoms. The van der Waals surface area contributed by atoms with Crippen LogP contribution >= 0.6 is 0 Å². The highest BCUT2D eigenvalue weighted by atomic mass is 16.6. The number of rotatable bonds is 2. The van der Waals surface area contributed by atoms with E-state index in [1.807, 2.05) is 0 Å². The number of esters is 1. The van der Waals surface area contributed by atoms with Crippen LogP contribution in [0.15, 0.2) is 18.2 Å². The van der Waals surface area contributed by atoms with Gasteiger partial charge in [-0.3, -0.25) is 4.79 Å². The van der Waals surface area contributed by atoms with Crippen LogP contribution in [0.4, 0.5) is 4.79 Å². The van der Waals surface area contributed by atoms with Crippen LogP contribution in [-0.2, 0) is 9.53 Å². The Morgan fingerprint density at radius 3 is 2.88 bits per heavy atom. The summed E-state index contributed by atoms with van der Waals surface area (Å²) in [4.78, 5) is 21.6. The standard InChI is InChI=1S/C11H11NO5/c1-6(13)17-10-3-2-7(4-9(10)14)8-5-16-11(15)12-8/h2-4,8,14H,5H2,1H3,(H,12,15)/t8-/m1/s1. The van der Waals surface area contributed by atoms with Gasteiger partial charge in [0, 0.05) is 6.92 Å². The van der Waals surface area contributed by atoms with Gasteiger partial charge in [0.15, 0.2) is 11.5 Å². The normalized spacial score (nSPS) is 18.4. The molecule has 90 valence electrons. The number of benzene rings is 1.